The Bertz CT molecular complexity index is 904. The fourth-order valence-corrected chi connectivity index (χ4v) is 7.38. The molecule has 206 valence electrons. The summed E-state index contributed by atoms with van der Waals surface area (Å²) >= 11 is 6.40. The van der Waals surface area contributed by atoms with Crippen molar-refractivity contribution >= 4 is 23.8 Å². The van der Waals surface area contributed by atoms with Crippen molar-refractivity contribution in [2.75, 3.05) is 39.9 Å². The quantitative estimate of drug-likeness (QED) is 0.363. The Morgan fingerprint density at radius 2 is 2.05 bits per heavy atom. The number of halogens is 1. The van der Waals surface area contributed by atoms with Crippen LogP contribution in [0.5, 0.6) is 0 Å². The van der Waals surface area contributed by atoms with Crippen LogP contribution in [-0.4, -0.2) is 68.1 Å². The Hall–Kier alpha value is -2.03. The molecule has 0 aromatic heterocycles. The predicted molar refractivity (Wildman–Crippen MR) is 143 cm³/mol. The van der Waals surface area contributed by atoms with Crippen molar-refractivity contribution in [3.8, 4) is 0 Å². The Morgan fingerprint density at radius 3 is 2.73 bits per heavy atom. The molecule has 1 aromatic rings. The van der Waals surface area contributed by atoms with Gasteiger partial charge in [-0.05, 0) is 55.8 Å². The Kier molecular flexibility index (Phi) is 9.96. The molecule has 3 fully saturated rings. The van der Waals surface area contributed by atoms with E-state index < -0.39 is 12.2 Å². The molecule has 1 saturated carbocycles. The highest BCUT2D eigenvalue weighted by Crippen LogP contribution is 2.50. The molecule has 0 radical (unpaired) electrons. The highest BCUT2D eigenvalue weighted by molar-refractivity contribution is 6.30. The lowest BCUT2D eigenvalue weighted by Crippen LogP contribution is -2.59. The number of nitrogens with one attached hydrogen (secondary N) is 2. The average molecular weight is 536 g/mol. The molecular formula is C28H42ClN3O5. The summed E-state index contributed by atoms with van der Waals surface area (Å²) in [5, 5.41) is 17.3. The van der Waals surface area contributed by atoms with Crippen LogP contribution in [0.15, 0.2) is 24.3 Å². The maximum atomic E-state index is 12.7. The molecule has 37 heavy (non-hydrogen) atoms. The van der Waals surface area contributed by atoms with Crippen LogP contribution in [0.4, 0.5) is 9.59 Å². The fourth-order valence-electron chi connectivity index (χ4n) is 7.18. The van der Waals surface area contributed by atoms with Gasteiger partial charge in [0.05, 0.1) is 19.8 Å². The number of nitrogens with zero attached hydrogens (tertiary/aromatic N) is 1. The number of carboxylic acid groups (broad SMARTS) is 1. The Balaban J connectivity index is 1.67. The summed E-state index contributed by atoms with van der Waals surface area (Å²) in [5.41, 5.74) is 0.822. The number of hydrogen-bond acceptors (Lipinski definition) is 5. The third kappa shape index (κ3) is 6.89. The first-order chi connectivity index (χ1) is 17.9. The fraction of sp³-hybridized carbons (Fsp3) is 0.714. The number of benzene rings is 1. The molecule has 9 heteroatoms. The van der Waals surface area contributed by atoms with E-state index in [2.05, 4.69) is 15.4 Å². The van der Waals surface area contributed by atoms with Crippen molar-refractivity contribution in [2.45, 2.75) is 69.9 Å². The van der Waals surface area contributed by atoms with Gasteiger partial charge in [-0.25, -0.2) is 9.59 Å². The zero-order valence-corrected chi connectivity index (χ0v) is 22.7. The van der Waals surface area contributed by atoms with Gasteiger partial charge in [-0.15, -0.1) is 0 Å². The van der Waals surface area contributed by atoms with Crippen molar-refractivity contribution in [1.29, 1.82) is 0 Å². The van der Waals surface area contributed by atoms with Crippen molar-refractivity contribution in [3.63, 3.8) is 0 Å². The minimum atomic E-state index is -0.846. The normalized spacial score (nSPS) is 27.6. The maximum absolute atomic E-state index is 12.7. The first-order valence-corrected chi connectivity index (χ1v) is 14.2. The first-order valence-electron chi connectivity index (χ1n) is 13.8. The molecular weight excluding hydrogens is 494 g/mol. The van der Waals surface area contributed by atoms with Gasteiger partial charge in [0.2, 0.25) is 0 Å². The van der Waals surface area contributed by atoms with Gasteiger partial charge in [0.15, 0.2) is 0 Å². The molecule has 3 aliphatic rings. The average Bonchev–Trinajstić information content (AvgIpc) is 3.37. The SMILES string of the molecule is COC(=O)NCCO[C@@H](c1cccc(Cl)c1)C1CCCN(C(=O)O)[C@H]1[C@@]1(CC2CCCCC2)CCNC1. The molecule has 8 nitrogen and oxygen atoms in total. The molecule has 1 unspecified atom stereocenters. The number of ether oxygens (including phenoxy) is 2. The van der Waals surface area contributed by atoms with Gasteiger partial charge in [0.25, 0.3) is 0 Å². The monoisotopic (exact) mass is 535 g/mol. The Labute approximate surface area is 225 Å². The summed E-state index contributed by atoms with van der Waals surface area (Å²) in [6.45, 7) is 2.89. The largest absolute Gasteiger partial charge is 0.465 e. The standard InChI is InChI=1S/C28H42ClN3O5/c1-36-26(33)31-14-16-37-24(21-9-5-10-22(29)17-21)23-11-6-15-32(27(34)35)25(23)28(12-13-30-19-28)18-20-7-3-2-4-8-20/h5,9-10,17,20,23-25,30H,2-4,6-8,11-16,18-19H2,1H3,(H,31,33)(H,34,35)/t23?,24-,25+,28+/m0/s1. The van der Waals surface area contributed by atoms with E-state index in [9.17, 15) is 14.7 Å². The highest BCUT2D eigenvalue weighted by atomic mass is 35.5. The van der Waals surface area contributed by atoms with Gasteiger partial charge in [-0.1, -0.05) is 55.8 Å². The second kappa shape index (κ2) is 13.2. The van der Waals surface area contributed by atoms with E-state index in [0.29, 0.717) is 24.0 Å². The second-order valence-electron chi connectivity index (χ2n) is 11.0. The number of amides is 2. The number of carbonyl (C=O) groups excluding carboxylic acids is 1. The molecule has 2 heterocycles. The van der Waals surface area contributed by atoms with E-state index in [1.807, 2.05) is 24.3 Å². The van der Waals surface area contributed by atoms with Crippen molar-refractivity contribution in [1.82, 2.24) is 15.5 Å². The molecule has 2 aliphatic heterocycles. The summed E-state index contributed by atoms with van der Waals surface area (Å²) in [4.78, 5) is 25.9. The lowest BCUT2D eigenvalue weighted by molar-refractivity contribution is -0.0775. The molecule has 1 aliphatic carbocycles. The summed E-state index contributed by atoms with van der Waals surface area (Å²) in [6, 6.07) is 7.55. The minimum Gasteiger partial charge on any atom is -0.465 e. The molecule has 2 saturated heterocycles. The van der Waals surface area contributed by atoms with E-state index in [0.717, 1.165) is 44.3 Å². The van der Waals surface area contributed by atoms with Gasteiger partial charge in [-0.2, -0.15) is 0 Å². The van der Waals surface area contributed by atoms with Crippen molar-refractivity contribution < 1.29 is 24.2 Å². The first kappa shape index (κ1) is 28.0. The molecule has 2 amide bonds. The van der Waals surface area contributed by atoms with E-state index >= 15 is 0 Å². The van der Waals surface area contributed by atoms with Crippen LogP contribution in [0.25, 0.3) is 0 Å². The summed E-state index contributed by atoms with van der Waals surface area (Å²) in [7, 11) is 1.33. The molecule has 0 spiro atoms. The van der Waals surface area contributed by atoms with E-state index in [1.54, 1.807) is 4.90 Å². The number of methoxy groups -OCH3 is 1. The summed E-state index contributed by atoms with van der Waals surface area (Å²) in [6.07, 6.45) is 8.33. The van der Waals surface area contributed by atoms with Gasteiger partial charge in [0, 0.05) is 42.0 Å². The number of carbonyl (C=O) groups is 2. The molecule has 1 aromatic carbocycles. The third-order valence-electron chi connectivity index (χ3n) is 8.67. The van der Waals surface area contributed by atoms with E-state index in [4.69, 9.17) is 16.3 Å². The summed E-state index contributed by atoms with van der Waals surface area (Å²) in [5.74, 6) is 0.617. The van der Waals surface area contributed by atoms with E-state index in [-0.39, 0.29) is 30.1 Å². The molecule has 0 bridgehead atoms. The van der Waals surface area contributed by atoms with Gasteiger partial charge < -0.3 is 30.1 Å². The minimum absolute atomic E-state index is 0.0232. The topological polar surface area (TPSA) is 100 Å². The lowest BCUT2D eigenvalue weighted by atomic mass is 9.63. The maximum Gasteiger partial charge on any atom is 0.407 e. The van der Waals surface area contributed by atoms with Gasteiger partial charge in [0.1, 0.15) is 0 Å². The number of piperidine rings is 1. The van der Waals surface area contributed by atoms with Crippen LogP contribution in [0.2, 0.25) is 5.02 Å². The van der Waals surface area contributed by atoms with Crippen LogP contribution in [-0.2, 0) is 9.47 Å². The second-order valence-corrected chi connectivity index (χ2v) is 11.4. The zero-order chi connectivity index (χ0) is 26.3. The number of rotatable bonds is 9. The third-order valence-corrected chi connectivity index (χ3v) is 8.90. The zero-order valence-electron chi connectivity index (χ0n) is 21.9. The van der Waals surface area contributed by atoms with Gasteiger partial charge >= 0.3 is 12.2 Å². The number of alkyl carbamates (subject to hydrolysis) is 1. The van der Waals surface area contributed by atoms with Crippen LogP contribution >= 0.6 is 11.6 Å². The molecule has 3 N–H and O–H groups in total. The van der Waals surface area contributed by atoms with Crippen LogP contribution in [0.1, 0.15) is 69.5 Å². The smallest absolute Gasteiger partial charge is 0.407 e. The van der Waals surface area contributed by atoms with Crippen molar-refractivity contribution in [3.05, 3.63) is 34.9 Å². The van der Waals surface area contributed by atoms with Gasteiger partial charge in [-0.3, -0.25) is 0 Å². The van der Waals surface area contributed by atoms with E-state index in [1.165, 1.54) is 39.2 Å². The van der Waals surface area contributed by atoms with Crippen molar-refractivity contribution in [2.24, 2.45) is 17.3 Å². The number of hydrogen-bond donors (Lipinski definition) is 3. The number of likely N-dealkylation sites (tertiary alicyclic amines) is 1. The predicted octanol–water partition coefficient (Wildman–Crippen LogP) is 5.46. The Morgan fingerprint density at radius 1 is 1.24 bits per heavy atom. The molecule has 4 rings (SSSR count). The van der Waals surface area contributed by atoms with Crippen LogP contribution in [0, 0.1) is 17.3 Å². The summed E-state index contributed by atoms with van der Waals surface area (Å²) < 4.78 is 11.2. The lowest BCUT2D eigenvalue weighted by Gasteiger charge is -2.52. The highest BCUT2D eigenvalue weighted by Gasteiger charge is 2.53. The van der Waals surface area contributed by atoms with Crippen LogP contribution in [0.3, 0.4) is 0 Å². The van der Waals surface area contributed by atoms with Crippen LogP contribution < -0.4 is 10.6 Å². The molecule has 4 atom stereocenters.